The van der Waals surface area contributed by atoms with Crippen LogP contribution in [0.25, 0.3) is 0 Å². The summed E-state index contributed by atoms with van der Waals surface area (Å²) in [6, 6.07) is 0. The zero-order valence-electron chi connectivity index (χ0n) is 11.7. The number of allylic oxidation sites excluding steroid dienone is 2. The van der Waals surface area contributed by atoms with Crippen LogP contribution < -0.4 is 0 Å². The first-order chi connectivity index (χ1) is 8.59. The average molecular weight is 248 g/mol. The van der Waals surface area contributed by atoms with E-state index in [1.165, 1.54) is 24.8 Å². The Morgan fingerprint density at radius 2 is 2.11 bits per heavy atom. The molecule has 1 saturated heterocycles. The Hall–Kier alpha value is -0.790. The van der Waals surface area contributed by atoms with E-state index in [2.05, 4.69) is 26.8 Å². The molecule has 2 aliphatic carbocycles. The van der Waals surface area contributed by atoms with Gasteiger partial charge in [0.1, 0.15) is 0 Å². The van der Waals surface area contributed by atoms with Gasteiger partial charge in [-0.2, -0.15) is 0 Å². The van der Waals surface area contributed by atoms with Crippen LogP contribution in [-0.2, 0) is 9.53 Å². The van der Waals surface area contributed by atoms with E-state index in [1.807, 2.05) is 0 Å². The molecule has 5 atom stereocenters. The topological polar surface area (TPSA) is 26.3 Å². The lowest BCUT2D eigenvalue weighted by Crippen LogP contribution is -2.51. The first-order valence-corrected chi connectivity index (χ1v) is 7.44. The van der Waals surface area contributed by atoms with Crippen molar-refractivity contribution in [2.75, 3.05) is 6.61 Å². The summed E-state index contributed by atoms with van der Waals surface area (Å²) in [5, 5.41) is 0. The Balaban J connectivity index is 2.02. The number of rotatable bonds is 1. The molecule has 100 valence electrons. The predicted molar refractivity (Wildman–Crippen MR) is 70.9 cm³/mol. The highest BCUT2D eigenvalue weighted by molar-refractivity contribution is 5.75. The zero-order chi connectivity index (χ0) is 12.9. The Morgan fingerprint density at radius 1 is 1.33 bits per heavy atom. The van der Waals surface area contributed by atoms with Crippen molar-refractivity contribution in [2.45, 2.75) is 40.0 Å². The molecule has 1 heterocycles. The quantitative estimate of drug-likeness (QED) is 0.525. The van der Waals surface area contributed by atoms with Crippen molar-refractivity contribution in [1.82, 2.24) is 0 Å². The molecule has 0 amide bonds. The molecule has 0 aromatic heterocycles. The van der Waals surface area contributed by atoms with Gasteiger partial charge < -0.3 is 4.74 Å². The van der Waals surface area contributed by atoms with Crippen molar-refractivity contribution in [3.05, 3.63) is 11.6 Å². The summed E-state index contributed by atoms with van der Waals surface area (Å²) in [5.74, 6) is 2.97. The molecule has 2 heteroatoms. The van der Waals surface area contributed by atoms with Gasteiger partial charge in [0, 0.05) is 0 Å². The number of carbonyl (C=O) groups excluding carboxylic acids is 1. The fourth-order valence-electron chi connectivity index (χ4n) is 4.80. The van der Waals surface area contributed by atoms with Crippen molar-refractivity contribution >= 4 is 5.97 Å². The maximum atomic E-state index is 12.3. The molecule has 0 bridgehead atoms. The van der Waals surface area contributed by atoms with Gasteiger partial charge in [-0.25, -0.2) is 0 Å². The van der Waals surface area contributed by atoms with Crippen molar-refractivity contribution in [3.63, 3.8) is 0 Å². The predicted octanol–water partition coefficient (Wildman–Crippen LogP) is 3.42. The molecule has 1 aliphatic heterocycles. The molecule has 0 radical (unpaired) electrons. The molecular weight excluding hydrogens is 224 g/mol. The van der Waals surface area contributed by atoms with Gasteiger partial charge in [0.2, 0.25) is 0 Å². The Labute approximate surface area is 110 Å². The van der Waals surface area contributed by atoms with Gasteiger partial charge in [-0.15, -0.1) is 0 Å². The fraction of sp³-hybridized carbons (Fsp3) is 0.812. The molecule has 0 aromatic rings. The van der Waals surface area contributed by atoms with E-state index in [-0.39, 0.29) is 11.9 Å². The summed E-state index contributed by atoms with van der Waals surface area (Å²) >= 11 is 0. The molecular formula is C16H24O2. The first kappa shape index (κ1) is 12.3. The maximum Gasteiger partial charge on any atom is 0.309 e. The lowest BCUT2D eigenvalue weighted by atomic mass is 9.56. The van der Waals surface area contributed by atoms with Crippen LogP contribution in [0.3, 0.4) is 0 Å². The average Bonchev–Trinajstić information content (AvgIpc) is 2.32. The fourth-order valence-corrected chi connectivity index (χ4v) is 4.80. The molecule has 3 rings (SSSR count). The highest BCUT2D eigenvalue weighted by Crippen LogP contribution is 2.52. The monoisotopic (exact) mass is 248 g/mol. The molecule has 0 unspecified atom stereocenters. The van der Waals surface area contributed by atoms with Gasteiger partial charge in [-0.05, 0) is 49.4 Å². The van der Waals surface area contributed by atoms with E-state index in [9.17, 15) is 4.79 Å². The van der Waals surface area contributed by atoms with Crippen LogP contribution >= 0.6 is 0 Å². The van der Waals surface area contributed by atoms with Crippen molar-refractivity contribution in [2.24, 2.45) is 35.5 Å². The third kappa shape index (κ3) is 1.72. The second kappa shape index (κ2) is 4.40. The number of cyclic esters (lactones) is 1. The summed E-state index contributed by atoms with van der Waals surface area (Å²) in [6.45, 7) is 7.37. The van der Waals surface area contributed by atoms with Crippen molar-refractivity contribution < 1.29 is 9.53 Å². The number of hydrogen-bond acceptors (Lipinski definition) is 2. The summed E-state index contributed by atoms with van der Waals surface area (Å²) in [4.78, 5) is 12.3. The van der Waals surface area contributed by atoms with Gasteiger partial charge in [-0.1, -0.05) is 31.9 Å². The van der Waals surface area contributed by atoms with Crippen LogP contribution in [0.5, 0.6) is 0 Å². The van der Waals surface area contributed by atoms with Crippen LogP contribution in [0, 0.1) is 35.5 Å². The molecule has 0 aromatic carbocycles. The van der Waals surface area contributed by atoms with Gasteiger partial charge in [-0.3, -0.25) is 4.79 Å². The SMILES string of the molecule is CC1=C[C@@H]2CCC[C@H]3COC(=O)[C@H]([C@H]32)[C@@H]1C(C)C. The minimum Gasteiger partial charge on any atom is -0.465 e. The summed E-state index contributed by atoms with van der Waals surface area (Å²) in [6.07, 6.45) is 6.30. The van der Waals surface area contributed by atoms with E-state index in [0.717, 1.165) is 0 Å². The number of ether oxygens (including phenoxy) is 1. The Morgan fingerprint density at radius 3 is 2.83 bits per heavy atom. The molecule has 0 N–H and O–H groups in total. The van der Waals surface area contributed by atoms with Crippen LogP contribution in [-0.4, -0.2) is 12.6 Å². The summed E-state index contributed by atoms with van der Waals surface area (Å²) in [7, 11) is 0. The van der Waals surface area contributed by atoms with E-state index in [0.29, 0.717) is 36.2 Å². The lowest BCUT2D eigenvalue weighted by Gasteiger charge is -2.50. The van der Waals surface area contributed by atoms with E-state index < -0.39 is 0 Å². The van der Waals surface area contributed by atoms with Crippen LogP contribution in [0.1, 0.15) is 40.0 Å². The minimum atomic E-state index is 0.0781. The van der Waals surface area contributed by atoms with Crippen molar-refractivity contribution in [3.8, 4) is 0 Å². The third-order valence-corrected chi connectivity index (χ3v) is 5.39. The summed E-state index contributed by atoms with van der Waals surface area (Å²) < 4.78 is 5.50. The molecule has 1 saturated carbocycles. The van der Waals surface area contributed by atoms with Crippen molar-refractivity contribution in [1.29, 1.82) is 0 Å². The first-order valence-electron chi connectivity index (χ1n) is 7.44. The van der Waals surface area contributed by atoms with Gasteiger partial charge in [0.05, 0.1) is 12.5 Å². The number of hydrogen-bond donors (Lipinski definition) is 0. The van der Waals surface area contributed by atoms with Crippen LogP contribution in [0.2, 0.25) is 0 Å². The Bertz CT molecular complexity index is 383. The molecule has 0 spiro atoms. The second-order valence-electron chi connectivity index (χ2n) is 6.77. The van der Waals surface area contributed by atoms with Crippen LogP contribution in [0.4, 0.5) is 0 Å². The second-order valence-corrected chi connectivity index (χ2v) is 6.77. The molecule has 18 heavy (non-hydrogen) atoms. The largest absolute Gasteiger partial charge is 0.465 e. The maximum absolute atomic E-state index is 12.3. The highest BCUT2D eigenvalue weighted by atomic mass is 16.5. The standard InChI is InChI=1S/C16H24O2/c1-9(2)13-10(3)7-11-5-4-6-12-8-18-16(17)15(13)14(11)12/h7,9,11-15H,4-6,8H2,1-3H3/t11-,12-,13+,14-,15-/m0/s1. The Kier molecular flexibility index (Phi) is 2.99. The molecule has 2 fully saturated rings. The number of esters is 1. The third-order valence-electron chi connectivity index (χ3n) is 5.39. The smallest absolute Gasteiger partial charge is 0.309 e. The highest BCUT2D eigenvalue weighted by Gasteiger charge is 2.51. The van der Waals surface area contributed by atoms with E-state index in [1.54, 1.807) is 0 Å². The lowest BCUT2D eigenvalue weighted by molar-refractivity contribution is -0.170. The van der Waals surface area contributed by atoms with E-state index >= 15 is 0 Å². The summed E-state index contributed by atoms with van der Waals surface area (Å²) in [5.41, 5.74) is 1.43. The van der Waals surface area contributed by atoms with Crippen LogP contribution in [0.15, 0.2) is 11.6 Å². The minimum absolute atomic E-state index is 0.0781. The zero-order valence-corrected chi connectivity index (χ0v) is 11.7. The van der Waals surface area contributed by atoms with Gasteiger partial charge >= 0.3 is 5.97 Å². The van der Waals surface area contributed by atoms with E-state index in [4.69, 9.17) is 4.74 Å². The molecule has 3 aliphatic rings. The normalized spacial score (nSPS) is 43.2. The number of carbonyl (C=O) groups is 1. The van der Waals surface area contributed by atoms with Gasteiger partial charge in [0.25, 0.3) is 0 Å². The molecule has 2 nitrogen and oxygen atoms in total. The van der Waals surface area contributed by atoms with Gasteiger partial charge in [0.15, 0.2) is 0 Å².